The molecule has 1 atom stereocenters. The molecular weight excluding hydrogens is 390 g/mol. The maximum atomic E-state index is 13.3. The number of aryl methyl sites for hydroxylation is 1. The van der Waals surface area contributed by atoms with E-state index in [1.807, 2.05) is 19.1 Å². The zero-order valence-electron chi connectivity index (χ0n) is 8.81. The number of hydrogen-bond donors (Lipinski definition) is 0. The first kappa shape index (κ1) is 13.5. The van der Waals surface area contributed by atoms with Crippen LogP contribution in [0.4, 0.5) is 4.39 Å². The highest BCUT2D eigenvalue weighted by Crippen LogP contribution is 2.38. The number of benzene rings is 1. The zero-order chi connectivity index (χ0) is 12.6. The Morgan fingerprint density at radius 3 is 2.47 bits per heavy atom. The van der Waals surface area contributed by atoms with E-state index in [9.17, 15) is 4.39 Å². The number of hydrogen-bond acceptors (Lipinski definition) is 1. The van der Waals surface area contributed by atoms with Crippen LogP contribution in [0.2, 0.25) is 0 Å². The van der Waals surface area contributed by atoms with Crippen LogP contribution in [0, 0.1) is 12.7 Å². The SMILES string of the molecule is Cc1cc(C(Cl)c2cc(F)cc(Br)c2)sc1Br. The molecular formula is C12H8Br2ClFS. The predicted molar refractivity (Wildman–Crippen MR) is 78.6 cm³/mol. The van der Waals surface area contributed by atoms with Crippen molar-refractivity contribution in [2.75, 3.05) is 0 Å². The van der Waals surface area contributed by atoms with E-state index in [2.05, 4.69) is 31.9 Å². The minimum Gasteiger partial charge on any atom is -0.207 e. The molecule has 0 saturated heterocycles. The van der Waals surface area contributed by atoms with Gasteiger partial charge in [0.25, 0.3) is 0 Å². The van der Waals surface area contributed by atoms with Crippen molar-refractivity contribution in [3.8, 4) is 0 Å². The third-order valence-corrected chi connectivity index (χ3v) is 5.58. The summed E-state index contributed by atoms with van der Waals surface area (Å²) >= 11 is 14.7. The highest BCUT2D eigenvalue weighted by atomic mass is 79.9. The van der Waals surface area contributed by atoms with Gasteiger partial charge in [0.1, 0.15) is 5.82 Å². The van der Waals surface area contributed by atoms with Crippen molar-refractivity contribution in [3.05, 3.63) is 54.3 Å². The van der Waals surface area contributed by atoms with Crippen LogP contribution >= 0.6 is 54.8 Å². The second-order valence-corrected chi connectivity index (χ2v) is 7.42. The zero-order valence-corrected chi connectivity index (χ0v) is 13.6. The number of rotatable bonds is 2. The Bertz CT molecular complexity index is 514. The second kappa shape index (κ2) is 5.39. The van der Waals surface area contributed by atoms with E-state index in [1.165, 1.54) is 12.1 Å². The van der Waals surface area contributed by atoms with Crippen molar-refractivity contribution in [3.63, 3.8) is 0 Å². The first-order chi connectivity index (χ1) is 7.97. The van der Waals surface area contributed by atoms with Gasteiger partial charge >= 0.3 is 0 Å². The smallest absolute Gasteiger partial charge is 0.124 e. The summed E-state index contributed by atoms with van der Waals surface area (Å²) in [5, 5.41) is -0.322. The predicted octanol–water partition coefficient (Wildman–Crippen LogP) is 6.05. The molecule has 1 heterocycles. The molecule has 0 N–H and O–H groups in total. The Hall–Kier alpha value is 0.1000. The Morgan fingerprint density at radius 1 is 1.24 bits per heavy atom. The van der Waals surface area contributed by atoms with E-state index in [0.717, 1.165) is 19.8 Å². The van der Waals surface area contributed by atoms with Crippen LogP contribution in [0.5, 0.6) is 0 Å². The van der Waals surface area contributed by atoms with E-state index in [4.69, 9.17) is 11.6 Å². The van der Waals surface area contributed by atoms with Gasteiger partial charge in [-0.25, -0.2) is 4.39 Å². The minimum absolute atomic E-state index is 0.285. The van der Waals surface area contributed by atoms with Crippen LogP contribution in [-0.4, -0.2) is 0 Å². The molecule has 90 valence electrons. The lowest BCUT2D eigenvalue weighted by atomic mass is 10.1. The molecule has 1 aromatic heterocycles. The van der Waals surface area contributed by atoms with E-state index in [0.29, 0.717) is 4.47 Å². The van der Waals surface area contributed by atoms with Gasteiger partial charge in [0.2, 0.25) is 0 Å². The lowest BCUT2D eigenvalue weighted by Gasteiger charge is -2.08. The molecule has 0 fully saturated rings. The second-order valence-electron chi connectivity index (χ2n) is 3.67. The first-order valence-corrected chi connectivity index (χ1v) is 7.67. The maximum absolute atomic E-state index is 13.3. The van der Waals surface area contributed by atoms with Crippen molar-refractivity contribution >= 4 is 54.8 Å². The Morgan fingerprint density at radius 2 is 1.94 bits per heavy atom. The summed E-state index contributed by atoms with van der Waals surface area (Å²) in [7, 11) is 0. The van der Waals surface area contributed by atoms with E-state index in [1.54, 1.807) is 11.3 Å². The number of halogens is 4. The molecule has 2 aromatic rings. The van der Waals surface area contributed by atoms with Crippen molar-refractivity contribution < 1.29 is 4.39 Å². The standard InChI is InChI=1S/C12H8Br2ClFS/c1-6-2-10(17-12(6)14)11(15)7-3-8(13)5-9(16)4-7/h2-5,11H,1H3. The van der Waals surface area contributed by atoms with E-state index in [-0.39, 0.29) is 11.2 Å². The van der Waals surface area contributed by atoms with Crippen LogP contribution in [-0.2, 0) is 0 Å². The molecule has 1 unspecified atom stereocenters. The van der Waals surface area contributed by atoms with Gasteiger partial charge in [-0.05, 0) is 58.2 Å². The normalized spacial score (nSPS) is 12.8. The van der Waals surface area contributed by atoms with E-state index >= 15 is 0 Å². The lowest BCUT2D eigenvalue weighted by Crippen LogP contribution is -1.91. The molecule has 0 aliphatic carbocycles. The Labute approximate surface area is 125 Å². The Balaban J connectivity index is 2.39. The summed E-state index contributed by atoms with van der Waals surface area (Å²) in [5.74, 6) is -0.285. The molecule has 0 spiro atoms. The molecule has 0 saturated carbocycles. The largest absolute Gasteiger partial charge is 0.207 e. The van der Waals surface area contributed by atoms with E-state index < -0.39 is 0 Å². The minimum atomic E-state index is -0.322. The quantitative estimate of drug-likeness (QED) is 0.540. The summed E-state index contributed by atoms with van der Waals surface area (Å²) in [6.07, 6.45) is 0. The molecule has 0 aliphatic heterocycles. The van der Waals surface area contributed by atoms with Crippen LogP contribution in [0.15, 0.2) is 32.5 Å². The molecule has 0 radical (unpaired) electrons. The third kappa shape index (κ3) is 3.11. The fourth-order valence-electron chi connectivity index (χ4n) is 1.49. The molecule has 2 rings (SSSR count). The van der Waals surface area contributed by atoms with Crippen LogP contribution < -0.4 is 0 Å². The van der Waals surface area contributed by atoms with Gasteiger partial charge in [-0.15, -0.1) is 22.9 Å². The Kier molecular flexibility index (Phi) is 4.29. The van der Waals surface area contributed by atoms with Crippen LogP contribution in [0.25, 0.3) is 0 Å². The van der Waals surface area contributed by atoms with Crippen molar-refractivity contribution in [2.45, 2.75) is 12.3 Å². The van der Waals surface area contributed by atoms with Gasteiger partial charge in [-0.1, -0.05) is 15.9 Å². The summed E-state index contributed by atoms with van der Waals surface area (Å²) in [6.45, 7) is 2.01. The molecule has 0 aliphatic rings. The molecule has 5 heteroatoms. The number of thiophene rings is 1. The molecule has 17 heavy (non-hydrogen) atoms. The summed E-state index contributed by atoms with van der Waals surface area (Å²) < 4.78 is 15.1. The van der Waals surface area contributed by atoms with Gasteiger partial charge in [-0.2, -0.15) is 0 Å². The monoisotopic (exact) mass is 396 g/mol. The van der Waals surface area contributed by atoms with Crippen LogP contribution in [0.3, 0.4) is 0 Å². The van der Waals surface area contributed by atoms with Gasteiger partial charge in [0.15, 0.2) is 0 Å². The fourth-order valence-corrected chi connectivity index (χ4v) is 3.88. The topological polar surface area (TPSA) is 0 Å². The average Bonchev–Trinajstić information content (AvgIpc) is 2.57. The highest BCUT2D eigenvalue weighted by molar-refractivity contribution is 9.11. The molecule has 0 amide bonds. The lowest BCUT2D eigenvalue weighted by molar-refractivity contribution is 0.625. The summed E-state index contributed by atoms with van der Waals surface area (Å²) in [4.78, 5) is 1.01. The van der Waals surface area contributed by atoms with Crippen molar-refractivity contribution in [2.24, 2.45) is 0 Å². The first-order valence-electron chi connectivity index (χ1n) is 4.83. The highest BCUT2D eigenvalue weighted by Gasteiger charge is 2.16. The van der Waals surface area contributed by atoms with Crippen molar-refractivity contribution in [1.29, 1.82) is 0 Å². The average molecular weight is 399 g/mol. The fraction of sp³-hybridized carbons (Fsp3) is 0.167. The van der Waals surface area contributed by atoms with Crippen molar-refractivity contribution in [1.82, 2.24) is 0 Å². The molecule has 0 nitrogen and oxygen atoms in total. The summed E-state index contributed by atoms with van der Waals surface area (Å²) in [5.41, 5.74) is 1.90. The summed E-state index contributed by atoms with van der Waals surface area (Å²) in [6, 6.07) is 6.74. The van der Waals surface area contributed by atoms with Crippen LogP contribution in [0.1, 0.15) is 21.4 Å². The van der Waals surface area contributed by atoms with Gasteiger partial charge in [0, 0.05) is 9.35 Å². The number of alkyl halides is 1. The third-order valence-electron chi connectivity index (χ3n) is 2.30. The van der Waals surface area contributed by atoms with Gasteiger partial charge in [0.05, 0.1) is 9.16 Å². The maximum Gasteiger partial charge on any atom is 0.124 e. The molecule has 0 bridgehead atoms. The van der Waals surface area contributed by atoms with Gasteiger partial charge in [-0.3, -0.25) is 0 Å². The molecule has 1 aromatic carbocycles. The van der Waals surface area contributed by atoms with Gasteiger partial charge < -0.3 is 0 Å².